The van der Waals surface area contributed by atoms with Gasteiger partial charge in [0.15, 0.2) is 16.8 Å². The zero-order valence-electron chi connectivity index (χ0n) is 42.4. The van der Waals surface area contributed by atoms with Crippen molar-refractivity contribution < 1.29 is 28.5 Å². The van der Waals surface area contributed by atoms with E-state index in [2.05, 4.69) is 64.0 Å². The summed E-state index contributed by atoms with van der Waals surface area (Å²) in [6.07, 6.45) is 13.6. The maximum atomic E-state index is 14.5. The SMILES string of the molecule is CC(=O)CCOCCOCCOCCNC(=O)c1nc(N2CCCc3c2nnc(Nc2nc4ccccc4s2)c3C)ccc1-c1cnn(CC23CC4(C)CC(C)(C2)CC(OCCN2CCCC2)(C4)C3)c1C. The second kappa shape index (κ2) is 20.9. The van der Waals surface area contributed by atoms with Crippen LogP contribution in [0, 0.1) is 30.1 Å². The van der Waals surface area contributed by atoms with Crippen LogP contribution in [0.3, 0.4) is 0 Å². The zero-order chi connectivity index (χ0) is 49.2. The summed E-state index contributed by atoms with van der Waals surface area (Å²) in [7, 11) is 0. The van der Waals surface area contributed by atoms with Gasteiger partial charge in [0, 0.05) is 60.5 Å². The molecule has 1 amide bonds. The van der Waals surface area contributed by atoms with Gasteiger partial charge >= 0.3 is 0 Å². The Balaban J connectivity index is 0.873. The largest absolute Gasteiger partial charge is 0.379 e. The molecule has 4 bridgehead atoms. The number of pyridine rings is 1. The summed E-state index contributed by atoms with van der Waals surface area (Å²) in [6.45, 7) is 19.1. The Kier molecular flexibility index (Phi) is 14.6. The molecule has 2 N–H and O–H groups in total. The maximum absolute atomic E-state index is 14.5. The monoisotopic (exact) mass is 989 g/mol. The van der Waals surface area contributed by atoms with E-state index in [0.717, 1.165) is 101 Å². The first-order valence-corrected chi connectivity index (χ1v) is 26.8. The molecular formula is C54H72N10O6S. The van der Waals surface area contributed by atoms with Gasteiger partial charge in [0.1, 0.15) is 17.3 Å². The van der Waals surface area contributed by atoms with Gasteiger partial charge in [-0.05, 0) is 139 Å². The van der Waals surface area contributed by atoms with Crippen LogP contribution in [0.5, 0.6) is 0 Å². The summed E-state index contributed by atoms with van der Waals surface area (Å²) in [5.74, 6) is 1.87. The Morgan fingerprint density at radius 3 is 2.30 bits per heavy atom. The molecule has 16 nitrogen and oxygen atoms in total. The van der Waals surface area contributed by atoms with Gasteiger partial charge in [-0.1, -0.05) is 37.3 Å². The van der Waals surface area contributed by atoms with E-state index >= 15 is 0 Å². The van der Waals surface area contributed by atoms with Crippen LogP contribution >= 0.6 is 11.3 Å². The number of ether oxygens (including phenoxy) is 4. The van der Waals surface area contributed by atoms with Gasteiger partial charge in [-0.15, -0.1) is 10.2 Å². The van der Waals surface area contributed by atoms with Crippen molar-refractivity contribution in [2.45, 2.75) is 117 Å². The van der Waals surface area contributed by atoms with Crippen LogP contribution in [0.25, 0.3) is 21.3 Å². The van der Waals surface area contributed by atoms with Gasteiger partial charge in [0.05, 0.1) is 68.3 Å². The number of thiazole rings is 1. The van der Waals surface area contributed by atoms with Crippen molar-refractivity contribution in [3.8, 4) is 11.1 Å². The number of hydrogen-bond donors (Lipinski definition) is 2. The highest BCUT2D eigenvalue weighted by atomic mass is 32.1. The molecule has 11 rings (SSSR count). The van der Waals surface area contributed by atoms with Crippen LogP contribution in [0.15, 0.2) is 42.6 Å². The average molecular weight is 989 g/mol. The minimum atomic E-state index is -0.290. The van der Waals surface area contributed by atoms with E-state index in [4.69, 9.17) is 39.1 Å². The molecule has 0 spiro atoms. The number of aromatic nitrogens is 6. The Bertz CT molecular complexity index is 2670. The highest BCUT2D eigenvalue weighted by Crippen LogP contribution is 2.72. The molecule has 0 radical (unpaired) electrons. The molecule has 380 valence electrons. The molecule has 5 aromatic rings. The Hall–Kier alpha value is -4.91. The third kappa shape index (κ3) is 11.1. The molecule has 6 aliphatic rings. The molecule has 2 unspecified atom stereocenters. The van der Waals surface area contributed by atoms with Crippen molar-refractivity contribution >= 4 is 55.8 Å². The number of nitrogens with one attached hydrogen (secondary N) is 2. The Morgan fingerprint density at radius 1 is 0.789 bits per heavy atom. The average Bonchev–Trinajstić information content (AvgIpc) is 4.09. The molecule has 4 aliphatic carbocycles. The number of Topliss-reactive ketones (excluding diaryl/α,β-unsaturated/α-hetero) is 1. The number of ketones is 1. The maximum Gasteiger partial charge on any atom is 0.270 e. The lowest BCUT2D eigenvalue weighted by molar-refractivity contribution is -0.248. The fourth-order valence-electron chi connectivity index (χ4n) is 13.8. The Labute approximate surface area is 422 Å². The van der Waals surface area contributed by atoms with Crippen LogP contribution in [-0.4, -0.2) is 131 Å². The second-order valence-electron chi connectivity index (χ2n) is 22.0. The molecule has 1 aromatic carbocycles. The quantitative estimate of drug-likeness (QED) is 0.0595. The van der Waals surface area contributed by atoms with Crippen molar-refractivity contribution in [3.63, 3.8) is 0 Å². The molecule has 2 aliphatic heterocycles. The van der Waals surface area contributed by atoms with Gasteiger partial charge < -0.3 is 39.4 Å². The number of hydrogen-bond acceptors (Lipinski definition) is 15. The van der Waals surface area contributed by atoms with E-state index in [0.29, 0.717) is 76.5 Å². The van der Waals surface area contributed by atoms with Crippen molar-refractivity contribution in [1.82, 2.24) is 40.2 Å². The number of carbonyl (C=O) groups is 2. The first-order chi connectivity index (χ1) is 34.3. The Morgan fingerprint density at radius 2 is 1.54 bits per heavy atom. The lowest BCUT2D eigenvalue weighted by Crippen LogP contribution is -2.64. The lowest BCUT2D eigenvalue weighted by atomic mass is 9.39. The number of nitrogens with zero attached hydrogens (tertiary/aromatic N) is 8. The number of para-hydroxylation sites is 1. The smallest absolute Gasteiger partial charge is 0.270 e. The van der Waals surface area contributed by atoms with Gasteiger partial charge in [-0.2, -0.15) is 5.10 Å². The summed E-state index contributed by atoms with van der Waals surface area (Å²) in [6, 6.07) is 12.1. The summed E-state index contributed by atoms with van der Waals surface area (Å²) in [5.41, 5.74) is 6.47. The van der Waals surface area contributed by atoms with Crippen molar-refractivity contribution in [2.75, 3.05) is 89.2 Å². The van der Waals surface area contributed by atoms with E-state index < -0.39 is 0 Å². The van der Waals surface area contributed by atoms with E-state index in [-0.39, 0.29) is 33.5 Å². The molecular weight excluding hydrogens is 917 g/mol. The van der Waals surface area contributed by atoms with Crippen molar-refractivity contribution in [2.24, 2.45) is 16.2 Å². The highest BCUT2D eigenvalue weighted by molar-refractivity contribution is 7.22. The lowest BCUT2D eigenvalue weighted by Gasteiger charge is -2.69. The minimum Gasteiger partial charge on any atom is -0.379 e. The number of anilines is 4. The summed E-state index contributed by atoms with van der Waals surface area (Å²) < 4.78 is 27.3. The molecule has 4 aromatic heterocycles. The first-order valence-electron chi connectivity index (χ1n) is 26.0. The number of rotatable bonds is 23. The van der Waals surface area contributed by atoms with Crippen LogP contribution in [0.1, 0.15) is 112 Å². The molecule has 4 saturated carbocycles. The predicted octanol–water partition coefficient (Wildman–Crippen LogP) is 8.78. The van der Waals surface area contributed by atoms with E-state index in [1.165, 1.54) is 45.2 Å². The number of carbonyl (C=O) groups excluding carboxylic acids is 2. The van der Waals surface area contributed by atoms with E-state index in [1.54, 1.807) is 18.3 Å². The second-order valence-corrected chi connectivity index (χ2v) is 23.0. The van der Waals surface area contributed by atoms with Crippen LogP contribution in [-0.2, 0) is 36.7 Å². The summed E-state index contributed by atoms with van der Waals surface area (Å²) in [5, 5.41) is 21.9. The van der Waals surface area contributed by atoms with Crippen LogP contribution in [0.2, 0.25) is 0 Å². The zero-order valence-corrected chi connectivity index (χ0v) is 43.3. The first kappa shape index (κ1) is 49.7. The third-order valence-electron chi connectivity index (χ3n) is 15.7. The van der Waals surface area contributed by atoms with Crippen LogP contribution < -0.4 is 15.5 Å². The van der Waals surface area contributed by atoms with Crippen LogP contribution in [0.4, 0.5) is 22.6 Å². The number of amides is 1. The molecule has 5 fully saturated rings. The molecule has 2 atom stereocenters. The minimum absolute atomic E-state index is 0.0714. The highest BCUT2D eigenvalue weighted by Gasteiger charge is 2.66. The van der Waals surface area contributed by atoms with Gasteiger partial charge in [-0.25, -0.2) is 9.97 Å². The number of benzene rings is 1. The van der Waals surface area contributed by atoms with Crippen molar-refractivity contribution in [1.29, 1.82) is 0 Å². The number of fused-ring (bicyclic) bond motifs is 2. The van der Waals surface area contributed by atoms with Gasteiger partial charge in [-0.3, -0.25) is 14.3 Å². The topological polar surface area (TPSA) is 171 Å². The van der Waals surface area contributed by atoms with E-state index in [9.17, 15) is 9.59 Å². The third-order valence-corrected chi connectivity index (χ3v) is 16.6. The normalized spacial score (nSPS) is 24.8. The summed E-state index contributed by atoms with van der Waals surface area (Å²) in [4.78, 5) is 40.2. The van der Waals surface area contributed by atoms with E-state index in [1.807, 2.05) is 36.5 Å². The number of likely N-dealkylation sites (tertiary alicyclic amines) is 1. The van der Waals surface area contributed by atoms with Gasteiger partial charge in [0.25, 0.3) is 5.91 Å². The van der Waals surface area contributed by atoms with Gasteiger partial charge in [0.2, 0.25) is 0 Å². The fraction of sp³-hybridized carbons (Fsp3) is 0.611. The molecule has 17 heteroatoms. The predicted molar refractivity (Wildman–Crippen MR) is 276 cm³/mol. The molecule has 6 heterocycles. The molecule has 1 saturated heterocycles. The fourth-order valence-corrected chi connectivity index (χ4v) is 14.6. The van der Waals surface area contributed by atoms with Crippen molar-refractivity contribution in [3.05, 3.63) is 65.1 Å². The standard InChI is InChI=1S/C54H72N10O6S/c1-37(65)16-22-67-25-27-69-28-26-68-23-17-55-49(66)46-41(14-15-45(58-46)63-20-10-11-40-38(2)47(60-61-48(40)63)59-50-57-43-12-6-7-13-44(43)71-50)42-29-56-64(39(42)3)36-53-31-51(4)30-52(5,32-53)34-54(33-51,35-53)70-24-21-62-18-8-9-19-62/h6-7,12-15,29H,8-11,16-28,30-36H2,1-5H3,(H,55,66)(H,57,59,60). The summed E-state index contributed by atoms with van der Waals surface area (Å²) >= 11 is 1.59. The molecule has 71 heavy (non-hydrogen) atoms.